The van der Waals surface area contributed by atoms with Gasteiger partial charge in [0.15, 0.2) is 8.32 Å². The summed E-state index contributed by atoms with van der Waals surface area (Å²) in [6.07, 6.45) is 10.5. The van der Waals surface area contributed by atoms with Crippen molar-refractivity contribution in [3.05, 3.63) is 35.9 Å². The molecule has 5 aliphatic carbocycles. The van der Waals surface area contributed by atoms with Crippen molar-refractivity contribution in [1.82, 2.24) is 0 Å². The van der Waals surface area contributed by atoms with Gasteiger partial charge in [0.05, 0.1) is 26.5 Å². The van der Waals surface area contributed by atoms with Gasteiger partial charge in [-0.2, -0.15) is 0 Å². The van der Waals surface area contributed by atoms with Crippen LogP contribution in [0.3, 0.4) is 0 Å². The summed E-state index contributed by atoms with van der Waals surface area (Å²) >= 11 is 0. The van der Waals surface area contributed by atoms with Gasteiger partial charge in [0.25, 0.3) is 0 Å². The second-order valence-electron chi connectivity index (χ2n) is 16.8. The molecule has 0 radical (unpaired) electrons. The molecule has 200 valence electrons. The molecule has 4 atom stereocenters. The van der Waals surface area contributed by atoms with Gasteiger partial charge >= 0.3 is 0 Å². The minimum absolute atomic E-state index is 0.0592. The summed E-state index contributed by atoms with van der Waals surface area (Å²) in [4.78, 5) is 0. The Hall–Kier alpha value is 0.00753. The maximum Gasteiger partial charge on any atom is 0.202 e. The van der Waals surface area contributed by atoms with Crippen molar-refractivity contribution in [2.24, 2.45) is 29.1 Å². The molecule has 1 aliphatic heterocycles. The fourth-order valence-electron chi connectivity index (χ4n) is 11.1. The lowest BCUT2D eigenvalue weighted by molar-refractivity contribution is -0.212. The lowest BCUT2D eigenvalue weighted by atomic mass is 9.47. The van der Waals surface area contributed by atoms with Gasteiger partial charge in [0, 0.05) is 5.41 Å². The zero-order valence-corrected chi connectivity index (χ0v) is 28.6. The predicted octanol–water partition coefficient (Wildman–Crippen LogP) is 8.31. The smallest absolute Gasteiger partial charge is 0.202 e. The van der Waals surface area contributed by atoms with Gasteiger partial charge < -0.3 is 8.85 Å². The number of hydrogen-bond donors (Lipinski definition) is 0. The van der Waals surface area contributed by atoms with Gasteiger partial charge in [-0.1, -0.05) is 69.6 Å². The molecule has 6 aliphatic rings. The van der Waals surface area contributed by atoms with E-state index >= 15 is 0 Å². The average molecular weight is 557 g/mol. The Morgan fingerprint density at radius 3 is 1.69 bits per heavy atom. The van der Waals surface area contributed by atoms with Crippen LogP contribution < -0.4 is 0 Å². The molecular formula is C30H52O2Si4. The Morgan fingerprint density at radius 2 is 1.25 bits per heavy atom. The van der Waals surface area contributed by atoms with Gasteiger partial charge in [-0.15, -0.1) is 0 Å². The van der Waals surface area contributed by atoms with Crippen molar-refractivity contribution >= 4 is 30.9 Å². The van der Waals surface area contributed by atoms with Crippen LogP contribution in [0, 0.1) is 29.1 Å². The standard InChI is InChI=1S/C30H52O2Si4/c1-33(2,3)32-30(29-19-22-15-23(20-29)17-24(16-22)21-29)28(27-18-26(27)25-13-11-10-12-14-25)31-36(30,34(4,5)6)35(7,8)9/h10-14,22-24,26-28H,15-21H2,1-9H3/t22?,23?,24?,26-,27+,28-,29?,30?/m0/s1. The number of rotatable bonds is 7. The summed E-state index contributed by atoms with van der Waals surface area (Å²) in [5, 5.41) is 0.0592. The van der Waals surface area contributed by atoms with E-state index in [1.807, 2.05) is 0 Å². The van der Waals surface area contributed by atoms with Gasteiger partial charge in [-0.05, 0) is 99.7 Å². The maximum atomic E-state index is 8.06. The molecule has 0 amide bonds. The van der Waals surface area contributed by atoms with Crippen LogP contribution in [-0.4, -0.2) is 42.2 Å². The van der Waals surface area contributed by atoms with Crippen LogP contribution in [0.4, 0.5) is 0 Å². The number of hydrogen-bond acceptors (Lipinski definition) is 2. The van der Waals surface area contributed by atoms with E-state index in [-0.39, 0.29) is 5.22 Å². The van der Waals surface area contributed by atoms with Crippen LogP contribution in [0.15, 0.2) is 30.3 Å². The second-order valence-corrected chi connectivity index (χ2v) is 47.3. The largest absolute Gasteiger partial charge is 0.414 e. The Balaban J connectivity index is 1.54. The Kier molecular flexibility index (Phi) is 5.85. The van der Waals surface area contributed by atoms with E-state index < -0.39 is 30.9 Å². The van der Waals surface area contributed by atoms with Crippen LogP contribution in [0.25, 0.3) is 0 Å². The van der Waals surface area contributed by atoms with Crippen molar-refractivity contribution in [3.8, 4) is 0 Å². The first-order valence-corrected chi connectivity index (χ1v) is 29.4. The lowest BCUT2D eigenvalue weighted by Gasteiger charge is -2.79. The molecule has 36 heavy (non-hydrogen) atoms. The van der Waals surface area contributed by atoms with Crippen molar-refractivity contribution in [2.45, 2.75) is 121 Å². The molecule has 2 nitrogen and oxygen atoms in total. The highest BCUT2D eigenvalue weighted by Crippen LogP contribution is 2.74. The van der Waals surface area contributed by atoms with E-state index in [9.17, 15) is 0 Å². The number of benzene rings is 1. The van der Waals surface area contributed by atoms with E-state index in [0.29, 0.717) is 23.4 Å². The topological polar surface area (TPSA) is 18.5 Å². The van der Waals surface area contributed by atoms with E-state index in [1.165, 1.54) is 44.9 Å². The van der Waals surface area contributed by atoms with Crippen molar-refractivity contribution < 1.29 is 8.85 Å². The molecule has 7 rings (SSSR count). The highest BCUT2D eigenvalue weighted by Gasteiger charge is 2.87. The minimum Gasteiger partial charge on any atom is -0.414 e. The molecule has 1 unspecified atom stereocenters. The highest BCUT2D eigenvalue weighted by atomic mass is 29.7. The molecule has 1 aromatic rings. The molecule has 1 aromatic carbocycles. The monoisotopic (exact) mass is 556 g/mol. The first-order valence-electron chi connectivity index (χ1n) is 15.1. The van der Waals surface area contributed by atoms with Crippen molar-refractivity contribution in [3.63, 3.8) is 0 Å². The van der Waals surface area contributed by atoms with Crippen LogP contribution >= 0.6 is 0 Å². The summed E-state index contributed by atoms with van der Waals surface area (Å²) in [5.41, 5.74) is 1.93. The van der Waals surface area contributed by atoms with Gasteiger partial charge in [0.2, 0.25) is 7.35 Å². The highest BCUT2D eigenvalue weighted by molar-refractivity contribution is 7.68. The molecule has 0 aromatic heterocycles. The third-order valence-corrected chi connectivity index (χ3v) is 48.1. The van der Waals surface area contributed by atoms with E-state index in [4.69, 9.17) is 8.85 Å². The molecular weight excluding hydrogens is 505 g/mol. The molecule has 5 saturated carbocycles. The zero-order valence-electron chi connectivity index (χ0n) is 24.6. The summed E-state index contributed by atoms with van der Waals surface area (Å²) < 4.78 is 15.9. The van der Waals surface area contributed by atoms with Gasteiger partial charge in [0.1, 0.15) is 0 Å². The van der Waals surface area contributed by atoms with Crippen LogP contribution in [0.1, 0.15) is 56.4 Å². The van der Waals surface area contributed by atoms with Gasteiger partial charge in [-0.3, -0.25) is 0 Å². The molecule has 1 saturated heterocycles. The molecule has 6 heteroatoms. The van der Waals surface area contributed by atoms with Crippen molar-refractivity contribution in [2.75, 3.05) is 0 Å². The molecule has 0 spiro atoms. The quantitative estimate of drug-likeness (QED) is 0.314. The summed E-state index contributed by atoms with van der Waals surface area (Å²) in [6, 6.07) is 11.4. The third-order valence-electron chi connectivity index (χ3n) is 11.1. The van der Waals surface area contributed by atoms with Crippen LogP contribution in [-0.2, 0) is 8.85 Å². The minimum atomic E-state index is -2.15. The summed E-state index contributed by atoms with van der Waals surface area (Å²) in [6.45, 7) is 23.7. The Labute approximate surface area is 225 Å². The van der Waals surface area contributed by atoms with E-state index in [2.05, 4.69) is 89.3 Å². The Bertz CT molecular complexity index is 955. The fraction of sp³-hybridized carbons (Fsp3) is 0.800. The molecule has 6 fully saturated rings. The first-order chi connectivity index (χ1) is 16.6. The summed E-state index contributed by atoms with van der Waals surface area (Å²) in [7, 11) is -7.24. The third kappa shape index (κ3) is 3.56. The zero-order chi connectivity index (χ0) is 25.9. The summed E-state index contributed by atoms with van der Waals surface area (Å²) in [5.74, 6) is 4.20. The van der Waals surface area contributed by atoms with E-state index in [1.54, 1.807) is 5.56 Å². The van der Waals surface area contributed by atoms with Crippen LogP contribution in [0.5, 0.6) is 0 Å². The normalized spacial score (nSPS) is 43.4. The SMILES string of the molecule is C[Si](C)(C)OC1(C23CC4CC(CC(C4)C2)C3)[C@H]([C@@H]2C[C@H]2c2ccccc2)O[Si]1([Si](C)(C)C)[Si](C)(C)C. The first kappa shape index (κ1) is 26.2. The molecule has 1 heterocycles. The predicted molar refractivity (Wildman–Crippen MR) is 162 cm³/mol. The second kappa shape index (κ2) is 8.03. The average Bonchev–Trinajstić information content (AvgIpc) is 3.48. The maximum absolute atomic E-state index is 8.06. The van der Waals surface area contributed by atoms with Crippen molar-refractivity contribution in [1.29, 1.82) is 0 Å². The van der Waals surface area contributed by atoms with E-state index in [0.717, 1.165) is 17.8 Å². The fourth-order valence-corrected chi connectivity index (χ4v) is 61.4. The van der Waals surface area contributed by atoms with Gasteiger partial charge in [-0.25, -0.2) is 0 Å². The molecule has 0 N–H and O–H groups in total. The molecule has 4 bridgehead atoms. The van der Waals surface area contributed by atoms with Crippen LogP contribution in [0.2, 0.25) is 58.9 Å². The lowest BCUT2D eigenvalue weighted by Crippen LogP contribution is -2.99. The Morgan fingerprint density at radius 1 is 0.750 bits per heavy atom.